The molecule has 3 nitrogen and oxygen atoms in total. The summed E-state index contributed by atoms with van der Waals surface area (Å²) in [6, 6.07) is 31.0. The molecule has 0 N–H and O–H groups in total. The Labute approximate surface area is 191 Å². The van der Waals surface area contributed by atoms with Crippen LogP contribution < -0.4 is 0 Å². The van der Waals surface area contributed by atoms with Gasteiger partial charge in [0.05, 0.1) is 6.04 Å². The first-order valence-electron chi connectivity index (χ1n) is 11.4. The lowest BCUT2D eigenvalue weighted by molar-refractivity contribution is 0.0962. The number of ether oxygens (including phenoxy) is 1. The Kier molecular flexibility index (Phi) is 6.75. The molecular weight excluding hydrogens is 394 g/mol. The van der Waals surface area contributed by atoms with Crippen LogP contribution in [0.4, 0.5) is 4.79 Å². The molecular formula is C29H31NO2. The molecule has 1 amide bonds. The molecule has 1 saturated heterocycles. The van der Waals surface area contributed by atoms with Crippen molar-refractivity contribution in [3.05, 3.63) is 119 Å². The minimum atomic E-state index is -0.274. The average Bonchev–Trinajstić information content (AvgIpc) is 3.24. The van der Waals surface area contributed by atoms with Gasteiger partial charge in [0.2, 0.25) is 0 Å². The number of carbonyl (C=O) groups is 1. The molecule has 1 aliphatic rings. The lowest BCUT2D eigenvalue weighted by Gasteiger charge is -2.30. The highest BCUT2D eigenvalue weighted by molar-refractivity contribution is 5.70. The van der Waals surface area contributed by atoms with Crippen LogP contribution in [0.5, 0.6) is 0 Å². The van der Waals surface area contributed by atoms with Gasteiger partial charge in [-0.25, -0.2) is 4.79 Å². The molecule has 0 aliphatic carbocycles. The minimum Gasteiger partial charge on any atom is -0.445 e. The molecule has 164 valence electrons. The standard InChI is InChI=1S/C29H31NO2/c1-3-23(2)19-27-20-29(25-15-9-5-10-16-25,26-17-11-6-12-18-26)22-30(27)28(31)32-21-24-13-7-4-8-14-24/h4-19,27H,3,20-22H2,1-2H3/b23-19-. The summed E-state index contributed by atoms with van der Waals surface area (Å²) < 4.78 is 5.78. The molecule has 32 heavy (non-hydrogen) atoms. The highest BCUT2D eigenvalue weighted by Crippen LogP contribution is 2.44. The highest BCUT2D eigenvalue weighted by atomic mass is 16.6. The second-order valence-corrected chi connectivity index (χ2v) is 8.62. The smallest absolute Gasteiger partial charge is 0.410 e. The summed E-state index contributed by atoms with van der Waals surface area (Å²) in [6.07, 6.45) is 3.79. The zero-order valence-corrected chi connectivity index (χ0v) is 18.9. The SMILES string of the molecule is CC/C(C)=C\C1CC(c2ccccc2)(c2ccccc2)CN1C(=O)OCc1ccccc1. The molecule has 1 heterocycles. The van der Waals surface area contributed by atoms with E-state index in [1.165, 1.54) is 16.7 Å². The van der Waals surface area contributed by atoms with Crippen molar-refractivity contribution in [1.82, 2.24) is 4.90 Å². The van der Waals surface area contributed by atoms with Crippen molar-refractivity contribution in [2.45, 2.75) is 44.8 Å². The number of benzene rings is 3. The molecule has 0 radical (unpaired) electrons. The zero-order valence-electron chi connectivity index (χ0n) is 18.9. The third-order valence-corrected chi connectivity index (χ3v) is 6.53. The molecule has 1 unspecified atom stereocenters. The highest BCUT2D eigenvalue weighted by Gasteiger charge is 2.47. The van der Waals surface area contributed by atoms with Crippen LogP contribution in [0.15, 0.2) is 103 Å². The lowest BCUT2D eigenvalue weighted by atomic mass is 9.73. The Morgan fingerprint density at radius 3 is 2.00 bits per heavy atom. The van der Waals surface area contributed by atoms with E-state index in [4.69, 9.17) is 4.74 Å². The predicted molar refractivity (Wildman–Crippen MR) is 129 cm³/mol. The van der Waals surface area contributed by atoms with Crippen molar-refractivity contribution in [2.75, 3.05) is 6.54 Å². The van der Waals surface area contributed by atoms with E-state index in [0.29, 0.717) is 6.54 Å². The number of rotatable bonds is 6. The summed E-state index contributed by atoms with van der Waals surface area (Å²) in [6.45, 7) is 5.16. The molecule has 4 rings (SSSR count). The monoisotopic (exact) mass is 425 g/mol. The van der Waals surface area contributed by atoms with Crippen LogP contribution in [-0.4, -0.2) is 23.6 Å². The first kappa shape index (κ1) is 21.9. The predicted octanol–water partition coefficient (Wildman–Crippen LogP) is 6.74. The first-order chi connectivity index (χ1) is 15.6. The van der Waals surface area contributed by atoms with Crippen molar-refractivity contribution in [3.63, 3.8) is 0 Å². The van der Waals surface area contributed by atoms with Gasteiger partial charge in [-0.15, -0.1) is 0 Å². The van der Waals surface area contributed by atoms with Gasteiger partial charge in [-0.3, -0.25) is 0 Å². The fourth-order valence-electron chi connectivity index (χ4n) is 4.64. The number of likely N-dealkylation sites (tertiary alicyclic amines) is 1. The fourth-order valence-corrected chi connectivity index (χ4v) is 4.64. The van der Waals surface area contributed by atoms with E-state index < -0.39 is 0 Å². The summed E-state index contributed by atoms with van der Waals surface area (Å²) in [5.41, 5.74) is 4.47. The molecule has 3 heteroatoms. The Balaban J connectivity index is 1.69. The molecule has 0 bridgehead atoms. The molecule has 0 aromatic heterocycles. The van der Waals surface area contributed by atoms with Crippen LogP contribution in [0.3, 0.4) is 0 Å². The largest absolute Gasteiger partial charge is 0.445 e. The maximum atomic E-state index is 13.3. The topological polar surface area (TPSA) is 29.5 Å². The maximum absolute atomic E-state index is 13.3. The van der Waals surface area contributed by atoms with E-state index in [-0.39, 0.29) is 24.2 Å². The molecule has 0 spiro atoms. The minimum absolute atomic E-state index is 0.0152. The van der Waals surface area contributed by atoms with E-state index in [0.717, 1.165) is 18.4 Å². The van der Waals surface area contributed by atoms with Crippen molar-refractivity contribution in [3.8, 4) is 0 Å². The van der Waals surface area contributed by atoms with Gasteiger partial charge in [-0.05, 0) is 36.5 Å². The number of allylic oxidation sites excluding steroid dienone is 1. The van der Waals surface area contributed by atoms with Gasteiger partial charge in [0.25, 0.3) is 0 Å². The van der Waals surface area contributed by atoms with Gasteiger partial charge in [0.1, 0.15) is 6.61 Å². The van der Waals surface area contributed by atoms with E-state index in [2.05, 4.69) is 68.5 Å². The number of hydrogen-bond acceptors (Lipinski definition) is 2. The first-order valence-corrected chi connectivity index (χ1v) is 11.4. The quantitative estimate of drug-likeness (QED) is 0.409. The number of amides is 1. The summed E-state index contributed by atoms with van der Waals surface area (Å²) >= 11 is 0. The third kappa shape index (κ3) is 4.62. The Morgan fingerprint density at radius 1 is 0.938 bits per heavy atom. The van der Waals surface area contributed by atoms with E-state index in [9.17, 15) is 4.79 Å². The van der Waals surface area contributed by atoms with Crippen molar-refractivity contribution in [1.29, 1.82) is 0 Å². The van der Waals surface area contributed by atoms with Crippen LogP contribution in [0.25, 0.3) is 0 Å². The lowest BCUT2D eigenvalue weighted by Crippen LogP contribution is -2.37. The molecule has 0 saturated carbocycles. The molecule has 1 atom stereocenters. The maximum Gasteiger partial charge on any atom is 0.410 e. The number of carbonyl (C=O) groups excluding carboxylic acids is 1. The molecule has 1 fully saturated rings. The normalized spacial score (nSPS) is 17.9. The van der Waals surface area contributed by atoms with Crippen molar-refractivity contribution in [2.24, 2.45) is 0 Å². The van der Waals surface area contributed by atoms with Gasteiger partial charge < -0.3 is 9.64 Å². The van der Waals surface area contributed by atoms with Gasteiger partial charge in [-0.2, -0.15) is 0 Å². The van der Waals surface area contributed by atoms with E-state index in [1.54, 1.807) is 0 Å². The van der Waals surface area contributed by atoms with Crippen molar-refractivity contribution < 1.29 is 9.53 Å². The van der Waals surface area contributed by atoms with Crippen LogP contribution in [0, 0.1) is 0 Å². The van der Waals surface area contributed by atoms with E-state index >= 15 is 0 Å². The van der Waals surface area contributed by atoms with Crippen LogP contribution >= 0.6 is 0 Å². The third-order valence-electron chi connectivity index (χ3n) is 6.53. The van der Waals surface area contributed by atoms with Crippen LogP contribution in [0.1, 0.15) is 43.4 Å². The Bertz CT molecular complexity index is 1000. The number of hydrogen-bond donors (Lipinski definition) is 0. The summed E-state index contributed by atoms with van der Waals surface area (Å²) in [5.74, 6) is 0. The zero-order chi connectivity index (χ0) is 22.4. The second kappa shape index (κ2) is 9.86. The fraction of sp³-hybridized carbons (Fsp3) is 0.276. The van der Waals surface area contributed by atoms with Gasteiger partial charge in [-0.1, -0.05) is 110 Å². The summed E-state index contributed by atoms with van der Waals surface area (Å²) in [7, 11) is 0. The molecule has 3 aromatic rings. The summed E-state index contributed by atoms with van der Waals surface area (Å²) in [4.78, 5) is 15.2. The van der Waals surface area contributed by atoms with Crippen LogP contribution in [0.2, 0.25) is 0 Å². The molecule has 1 aliphatic heterocycles. The Hall–Kier alpha value is -3.33. The van der Waals surface area contributed by atoms with Crippen molar-refractivity contribution >= 4 is 6.09 Å². The van der Waals surface area contributed by atoms with Gasteiger partial charge >= 0.3 is 6.09 Å². The van der Waals surface area contributed by atoms with Gasteiger partial charge in [0.15, 0.2) is 0 Å². The number of nitrogens with zero attached hydrogens (tertiary/aromatic N) is 1. The van der Waals surface area contributed by atoms with Crippen LogP contribution in [-0.2, 0) is 16.8 Å². The summed E-state index contributed by atoms with van der Waals surface area (Å²) in [5, 5.41) is 0. The van der Waals surface area contributed by atoms with Gasteiger partial charge in [0, 0.05) is 12.0 Å². The second-order valence-electron chi connectivity index (χ2n) is 8.62. The average molecular weight is 426 g/mol. The molecule has 3 aromatic carbocycles. The Morgan fingerprint density at radius 2 is 1.47 bits per heavy atom. The van der Waals surface area contributed by atoms with E-state index in [1.807, 2.05) is 47.4 Å².